The molecule has 0 aliphatic carbocycles. The van der Waals surface area contributed by atoms with Crippen LogP contribution in [-0.4, -0.2) is 51.4 Å². The van der Waals surface area contributed by atoms with Crippen LogP contribution in [0.3, 0.4) is 0 Å². The van der Waals surface area contributed by atoms with E-state index in [9.17, 15) is 29.2 Å². The molecule has 2 aromatic carbocycles. The van der Waals surface area contributed by atoms with Crippen LogP contribution < -0.4 is 5.73 Å². The molecule has 0 amide bonds. The van der Waals surface area contributed by atoms with Crippen molar-refractivity contribution in [2.24, 2.45) is 0 Å². The number of ether oxygens (including phenoxy) is 1. The number of aryl methyl sites for hydroxylation is 1. The summed E-state index contributed by atoms with van der Waals surface area (Å²) in [4.78, 5) is 0. The number of rotatable bonds is 5. The number of nitrogens with two attached hydrogens (primary N) is 1. The van der Waals surface area contributed by atoms with Gasteiger partial charge in [0.2, 0.25) is 0 Å². The Morgan fingerprint density at radius 3 is 2.24 bits per heavy atom. The van der Waals surface area contributed by atoms with Crippen molar-refractivity contribution in [3.8, 4) is 0 Å². The lowest BCUT2D eigenvalue weighted by Gasteiger charge is -2.40. The molecule has 1 heterocycles. The highest BCUT2D eigenvalue weighted by atomic mass is 19.2. The Kier molecular flexibility index (Phi) is 6.50. The van der Waals surface area contributed by atoms with Gasteiger partial charge in [-0.25, -0.2) is 8.78 Å². The summed E-state index contributed by atoms with van der Waals surface area (Å²) in [5.74, 6) is -1.81. The van der Waals surface area contributed by atoms with E-state index in [0.29, 0.717) is 23.2 Å². The topological polar surface area (TPSA) is 116 Å². The van der Waals surface area contributed by atoms with E-state index < -0.39 is 48.8 Å². The van der Waals surface area contributed by atoms with Gasteiger partial charge in [-0.15, -0.1) is 0 Å². The lowest BCUT2D eigenvalue weighted by molar-refractivity contribution is -0.231. The van der Waals surface area contributed by atoms with E-state index in [2.05, 4.69) is 0 Å². The van der Waals surface area contributed by atoms with Crippen LogP contribution in [0, 0.1) is 11.6 Å². The zero-order chi connectivity index (χ0) is 21.3. The van der Waals surface area contributed by atoms with Crippen molar-refractivity contribution in [3.63, 3.8) is 0 Å². The molecule has 8 heteroatoms. The third kappa shape index (κ3) is 4.12. The molecule has 6 N–H and O–H groups in total. The van der Waals surface area contributed by atoms with Crippen LogP contribution in [0.1, 0.15) is 35.3 Å². The summed E-state index contributed by atoms with van der Waals surface area (Å²) in [7, 11) is 0. The summed E-state index contributed by atoms with van der Waals surface area (Å²) >= 11 is 0. The first-order valence-corrected chi connectivity index (χ1v) is 9.43. The van der Waals surface area contributed by atoms with E-state index in [1.165, 1.54) is 12.1 Å². The molecule has 0 spiro atoms. The van der Waals surface area contributed by atoms with Gasteiger partial charge in [-0.1, -0.05) is 31.2 Å². The molecule has 29 heavy (non-hydrogen) atoms. The Hall–Kier alpha value is -2.10. The predicted molar refractivity (Wildman–Crippen MR) is 102 cm³/mol. The Labute approximate surface area is 167 Å². The number of halogens is 2. The average Bonchev–Trinajstić information content (AvgIpc) is 2.72. The van der Waals surface area contributed by atoms with Crippen molar-refractivity contribution in [1.29, 1.82) is 0 Å². The van der Waals surface area contributed by atoms with Gasteiger partial charge in [0.05, 0.1) is 6.61 Å². The third-order valence-electron chi connectivity index (χ3n) is 5.39. The smallest absolute Gasteiger partial charge is 0.162 e. The Morgan fingerprint density at radius 1 is 0.931 bits per heavy atom. The lowest BCUT2D eigenvalue weighted by Crippen LogP contribution is -2.55. The van der Waals surface area contributed by atoms with Gasteiger partial charge in [-0.2, -0.15) is 0 Å². The van der Waals surface area contributed by atoms with Crippen LogP contribution in [0.15, 0.2) is 30.3 Å². The van der Waals surface area contributed by atoms with E-state index in [-0.39, 0.29) is 17.5 Å². The van der Waals surface area contributed by atoms with Crippen molar-refractivity contribution in [1.82, 2.24) is 0 Å². The number of aliphatic hydroxyl groups excluding tert-OH is 4. The fraction of sp³-hybridized carbons (Fsp3) is 0.429. The molecule has 1 aliphatic rings. The van der Waals surface area contributed by atoms with Crippen molar-refractivity contribution >= 4 is 5.69 Å². The van der Waals surface area contributed by atoms with Gasteiger partial charge in [0.25, 0.3) is 0 Å². The summed E-state index contributed by atoms with van der Waals surface area (Å²) in [6.45, 7) is 1.19. The molecule has 3 rings (SSSR count). The summed E-state index contributed by atoms with van der Waals surface area (Å²) in [5.41, 5.74) is 7.68. The third-order valence-corrected chi connectivity index (χ3v) is 5.39. The molecule has 6 nitrogen and oxygen atoms in total. The minimum Gasteiger partial charge on any atom is -0.398 e. The van der Waals surface area contributed by atoms with Crippen LogP contribution >= 0.6 is 0 Å². The van der Waals surface area contributed by atoms with Gasteiger partial charge >= 0.3 is 0 Å². The Balaban J connectivity index is 1.92. The summed E-state index contributed by atoms with van der Waals surface area (Å²) in [5, 5.41) is 39.6. The van der Waals surface area contributed by atoms with Gasteiger partial charge in [0, 0.05) is 12.1 Å². The Morgan fingerprint density at radius 2 is 1.59 bits per heavy atom. The highest BCUT2D eigenvalue weighted by molar-refractivity contribution is 5.51. The minimum absolute atomic E-state index is 0.0177. The molecular weight excluding hydrogens is 384 g/mol. The number of benzene rings is 2. The molecule has 0 radical (unpaired) electrons. The molecule has 1 aliphatic heterocycles. The van der Waals surface area contributed by atoms with Crippen molar-refractivity contribution < 1.29 is 33.9 Å². The number of anilines is 1. The van der Waals surface area contributed by atoms with Crippen LogP contribution in [0.4, 0.5) is 14.5 Å². The Bertz CT molecular complexity index is 876. The van der Waals surface area contributed by atoms with E-state index in [4.69, 9.17) is 10.5 Å². The maximum atomic E-state index is 14.4. The normalized spacial score (nSPS) is 27.2. The molecule has 2 aromatic rings. The second-order valence-electron chi connectivity index (χ2n) is 7.25. The highest BCUT2D eigenvalue weighted by Crippen LogP contribution is 2.34. The maximum absolute atomic E-state index is 14.4. The number of hydrogen-bond acceptors (Lipinski definition) is 6. The maximum Gasteiger partial charge on any atom is 0.162 e. The molecular formula is C21H25F2NO5. The quantitative estimate of drug-likeness (QED) is 0.474. The molecule has 1 saturated heterocycles. The molecule has 0 aromatic heterocycles. The molecule has 0 unspecified atom stereocenters. The van der Waals surface area contributed by atoms with Gasteiger partial charge in [-0.05, 0) is 34.7 Å². The first-order valence-electron chi connectivity index (χ1n) is 9.43. The molecule has 5 atom stereocenters. The molecule has 1 fully saturated rings. The van der Waals surface area contributed by atoms with Crippen LogP contribution in [0.5, 0.6) is 0 Å². The lowest BCUT2D eigenvalue weighted by atomic mass is 9.89. The fourth-order valence-electron chi connectivity index (χ4n) is 3.58. The van der Waals surface area contributed by atoms with Crippen molar-refractivity contribution in [3.05, 3.63) is 64.2 Å². The van der Waals surface area contributed by atoms with E-state index in [1.54, 1.807) is 25.1 Å². The average molecular weight is 409 g/mol. The zero-order valence-corrected chi connectivity index (χ0v) is 15.9. The van der Waals surface area contributed by atoms with Crippen molar-refractivity contribution in [2.45, 2.75) is 50.3 Å². The van der Waals surface area contributed by atoms with Crippen molar-refractivity contribution in [2.75, 3.05) is 12.3 Å². The monoisotopic (exact) mass is 409 g/mol. The molecule has 158 valence electrons. The fourth-order valence-corrected chi connectivity index (χ4v) is 3.58. The number of hydrogen-bond donors (Lipinski definition) is 5. The molecule has 0 bridgehead atoms. The van der Waals surface area contributed by atoms with E-state index in [1.807, 2.05) is 0 Å². The summed E-state index contributed by atoms with van der Waals surface area (Å²) < 4.78 is 34.1. The first-order chi connectivity index (χ1) is 13.8. The minimum atomic E-state index is -1.51. The van der Waals surface area contributed by atoms with Gasteiger partial charge in [-0.3, -0.25) is 0 Å². The van der Waals surface area contributed by atoms with E-state index >= 15 is 0 Å². The second kappa shape index (κ2) is 8.73. The van der Waals surface area contributed by atoms with Gasteiger partial charge < -0.3 is 30.9 Å². The van der Waals surface area contributed by atoms with Crippen LogP contribution in [0.2, 0.25) is 0 Å². The van der Waals surface area contributed by atoms with Crippen LogP contribution in [-0.2, 0) is 17.6 Å². The predicted octanol–water partition coefficient (Wildman–Crippen LogP) is 1.22. The number of nitrogen functional groups attached to an aromatic ring is 1. The standard InChI is InChI=1S/C21H25F2NO5/c1-2-10-3-4-11(17(23)16(10)22)7-13-8-12(5-6-14(13)24)21-20(28)19(27)18(26)15(9-25)29-21/h3-6,8,15,18-21,25-28H,2,7,9,24H2,1H3/t15-,18-,19+,20-,21+/m1/s1. The van der Waals surface area contributed by atoms with Gasteiger partial charge in [0.15, 0.2) is 11.6 Å². The highest BCUT2D eigenvalue weighted by Gasteiger charge is 2.44. The molecule has 0 saturated carbocycles. The summed E-state index contributed by atoms with van der Waals surface area (Å²) in [6.07, 6.45) is -6.11. The van der Waals surface area contributed by atoms with Crippen LogP contribution in [0.25, 0.3) is 0 Å². The van der Waals surface area contributed by atoms with E-state index in [0.717, 1.165) is 0 Å². The summed E-state index contributed by atoms with van der Waals surface area (Å²) in [6, 6.07) is 7.74. The SMILES string of the molecule is CCc1ccc(Cc2cc([C@@H]3O[C@H](CO)[C@@H](O)[C@H](O)[C@H]3O)ccc2N)c(F)c1F. The number of aliphatic hydroxyl groups is 4. The largest absolute Gasteiger partial charge is 0.398 e. The zero-order valence-electron chi connectivity index (χ0n) is 15.9. The second-order valence-corrected chi connectivity index (χ2v) is 7.25. The first kappa shape index (κ1) is 21.6. The van der Waals surface area contributed by atoms with Gasteiger partial charge in [0.1, 0.15) is 30.5 Å².